The minimum atomic E-state index is -0.767. The summed E-state index contributed by atoms with van der Waals surface area (Å²) in [4.78, 5) is 61.6. The van der Waals surface area contributed by atoms with Gasteiger partial charge in [0, 0.05) is 43.3 Å². The molecule has 2 bridgehead atoms. The zero-order valence-electron chi connectivity index (χ0n) is 24.1. The smallest absolute Gasteiger partial charge is 0.329 e. The van der Waals surface area contributed by atoms with Crippen LogP contribution in [0.15, 0.2) is 22.5 Å². The van der Waals surface area contributed by atoms with Gasteiger partial charge in [-0.15, -0.1) is 23.1 Å². The lowest BCUT2D eigenvalue weighted by Gasteiger charge is -2.25. The van der Waals surface area contributed by atoms with E-state index in [4.69, 9.17) is 4.74 Å². The van der Waals surface area contributed by atoms with Crippen molar-refractivity contribution < 1.29 is 23.9 Å². The third kappa shape index (κ3) is 11.5. The summed E-state index contributed by atoms with van der Waals surface area (Å²) >= 11 is 4.22. The Hall–Kier alpha value is -2.18. The minimum Gasteiger partial charge on any atom is -0.456 e. The number of cyclic esters (lactones) is 1. The summed E-state index contributed by atoms with van der Waals surface area (Å²) in [6, 6.07) is -0.646. The Labute approximate surface area is 255 Å². The number of ether oxygens (including phenoxy) is 1. The van der Waals surface area contributed by atoms with Gasteiger partial charge in [0.25, 0.3) is 0 Å². The van der Waals surface area contributed by atoms with Gasteiger partial charge in [0.05, 0.1) is 13.0 Å². The second-order valence-corrected chi connectivity index (χ2v) is 13.2. The van der Waals surface area contributed by atoms with Crippen LogP contribution in [0.1, 0.15) is 88.3 Å². The normalized spacial score (nSPS) is 22.0. The van der Waals surface area contributed by atoms with Crippen LogP contribution in [0.5, 0.6) is 0 Å². The fourth-order valence-electron chi connectivity index (χ4n) is 4.67. The fourth-order valence-corrected chi connectivity index (χ4v) is 7.09. The van der Waals surface area contributed by atoms with Crippen molar-refractivity contribution in [2.45, 2.75) is 96.2 Å². The maximum absolute atomic E-state index is 13.2. The van der Waals surface area contributed by atoms with Gasteiger partial charge < -0.3 is 15.0 Å². The summed E-state index contributed by atoms with van der Waals surface area (Å²) in [5, 5.41) is 6.46. The third-order valence-corrected chi connectivity index (χ3v) is 9.74. The molecule has 3 rings (SSSR count). The molecule has 2 amide bonds. The highest BCUT2D eigenvalue weighted by Crippen LogP contribution is 2.23. The third-order valence-electron chi connectivity index (χ3n) is 6.85. The van der Waals surface area contributed by atoms with Crippen molar-refractivity contribution in [1.82, 2.24) is 15.2 Å². The van der Waals surface area contributed by atoms with Gasteiger partial charge in [-0.05, 0) is 31.8 Å². The molecule has 0 saturated carbocycles. The van der Waals surface area contributed by atoms with E-state index in [0.29, 0.717) is 37.3 Å². The molecule has 1 aromatic heterocycles. The lowest BCUT2D eigenvalue weighted by atomic mass is 10.1. The summed E-state index contributed by atoms with van der Waals surface area (Å²) in [5.74, 6) is 0.322. The highest BCUT2D eigenvalue weighted by molar-refractivity contribution is 8.14. The Kier molecular flexibility index (Phi) is 14.9. The number of aliphatic imine (C=N–C) groups is 1. The second-order valence-electron chi connectivity index (χ2n) is 10.1. The SMILES string of the molecule is CCCCCCCC(=O)SCC/C=C/C1CC(=O)NCc2nc(cs2)C(=NC)SCCC(=O)N2CCC[C@H]2C(=O)O1. The second kappa shape index (κ2) is 18.4. The quantitative estimate of drug-likeness (QED) is 0.217. The van der Waals surface area contributed by atoms with E-state index >= 15 is 0 Å². The first kappa shape index (κ1) is 33.3. The predicted molar refractivity (Wildman–Crippen MR) is 167 cm³/mol. The van der Waals surface area contributed by atoms with Crippen molar-refractivity contribution in [2.24, 2.45) is 4.99 Å². The first-order valence-corrected chi connectivity index (χ1v) is 17.4. The highest BCUT2D eigenvalue weighted by Gasteiger charge is 2.36. The number of nitrogens with one attached hydrogen (secondary N) is 1. The zero-order valence-corrected chi connectivity index (χ0v) is 26.6. The Morgan fingerprint density at radius 1 is 1.27 bits per heavy atom. The molecule has 1 saturated heterocycles. The summed E-state index contributed by atoms with van der Waals surface area (Å²) < 4.78 is 5.79. The topological polar surface area (TPSA) is 118 Å². The van der Waals surface area contributed by atoms with E-state index in [9.17, 15) is 19.2 Å². The van der Waals surface area contributed by atoms with Crippen LogP contribution in [0.4, 0.5) is 0 Å². The molecule has 0 spiro atoms. The molecule has 2 aliphatic heterocycles. The van der Waals surface area contributed by atoms with E-state index in [2.05, 4.69) is 22.2 Å². The number of thiazole rings is 1. The molecule has 3 heterocycles. The first-order chi connectivity index (χ1) is 19.9. The Morgan fingerprint density at radius 3 is 2.90 bits per heavy atom. The lowest BCUT2D eigenvalue weighted by molar-refractivity contribution is -0.156. The molecule has 226 valence electrons. The van der Waals surface area contributed by atoms with Gasteiger partial charge in [-0.2, -0.15) is 0 Å². The predicted octanol–water partition coefficient (Wildman–Crippen LogP) is 5.13. The van der Waals surface area contributed by atoms with Crippen molar-refractivity contribution in [3.05, 3.63) is 28.2 Å². The Balaban J connectivity index is 1.61. The average Bonchev–Trinajstić information content (AvgIpc) is 3.64. The monoisotopic (exact) mass is 622 g/mol. The van der Waals surface area contributed by atoms with E-state index in [0.717, 1.165) is 35.0 Å². The standard InChI is InChI=1S/C29H42N4O5S3/c1-3-4-5-6-7-13-27(36)39-16-9-8-11-21-18-24(34)31-19-25-32-22(20-41-25)28(30-2)40-17-14-26(35)33-15-10-12-23(33)29(37)38-21/h8,11,20-21,23H,3-7,9-10,12-19H2,1-2H3,(H,31,34)/b11-8+,30-28?/t21?,23-/m0/s1. The molecule has 2 aliphatic rings. The maximum atomic E-state index is 13.2. The van der Waals surface area contributed by atoms with Crippen molar-refractivity contribution in [3.63, 3.8) is 0 Å². The van der Waals surface area contributed by atoms with Crippen molar-refractivity contribution in [3.8, 4) is 0 Å². The van der Waals surface area contributed by atoms with Crippen LogP contribution in [0.3, 0.4) is 0 Å². The van der Waals surface area contributed by atoms with Gasteiger partial charge in [-0.25, -0.2) is 9.78 Å². The van der Waals surface area contributed by atoms with E-state index in [1.807, 2.05) is 11.5 Å². The number of hydrogen-bond acceptors (Lipinski definition) is 10. The summed E-state index contributed by atoms with van der Waals surface area (Å²) in [6.45, 7) is 2.95. The number of carbonyl (C=O) groups excluding carboxylic acids is 4. The number of thioether (sulfide) groups is 2. The number of amides is 2. The number of rotatable bonds is 10. The summed E-state index contributed by atoms with van der Waals surface area (Å²) in [7, 11) is 1.69. The number of fused-ring (bicyclic) bond motifs is 3. The van der Waals surface area contributed by atoms with Gasteiger partial charge >= 0.3 is 5.97 Å². The van der Waals surface area contributed by atoms with E-state index < -0.39 is 18.1 Å². The van der Waals surface area contributed by atoms with Gasteiger partial charge in [0.2, 0.25) is 11.8 Å². The van der Waals surface area contributed by atoms with Crippen molar-refractivity contribution in [2.75, 3.05) is 25.1 Å². The van der Waals surface area contributed by atoms with Crippen LogP contribution in [0.25, 0.3) is 0 Å². The molecule has 41 heavy (non-hydrogen) atoms. The number of nitrogens with zero attached hydrogens (tertiary/aromatic N) is 3. The molecular formula is C29H42N4O5S3. The highest BCUT2D eigenvalue weighted by atomic mass is 32.2. The number of aromatic nitrogens is 1. The van der Waals surface area contributed by atoms with Gasteiger partial charge in [0.1, 0.15) is 27.9 Å². The van der Waals surface area contributed by atoms with Gasteiger partial charge in [0.15, 0.2) is 5.12 Å². The van der Waals surface area contributed by atoms with E-state index in [1.165, 1.54) is 54.1 Å². The van der Waals surface area contributed by atoms with Crippen molar-refractivity contribution in [1.29, 1.82) is 0 Å². The summed E-state index contributed by atoms with van der Waals surface area (Å²) in [5.41, 5.74) is 0.731. The molecule has 9 nitrogen and oxygen atoms in total. The van der Waals surface area contributed by atoms with Crippen LogP contribution < -0.4 is 5.32 Å². The number of carbonyl (C=O) groups is 4. The number of esters is 1. The molecule has 12 heteroatoms. The van der Waals surface area contributed by atoms with E-state index in [-0.39, 0.29) is 36.3 Å². The van der Waals surface area contributed by atoms with Gasteiger partial charge in [-0.1, -0.05) is 50.4 Å². The average molecular weight is 623 g/mol. The minimum absolute atomic E-state index is 0.0392. The number of hydrogen-bond donors (Lipinski definition) is 1. The molecule has 1 unspecified atom stereocenters. The first-order valence-electron chi connectivity index (χ1n) is 14.5. The van der Waals surface area contributed by atoms with E-state index in [1.54, 1.807) is 18.0 Å². The molecule has 1 N–H and O–H groups in total. The fraction of sp³-hybridized carbons (Fsp3) is 0.655. The van der Waals surface area contributed by atoms with Crippen LogP contribution in [-0.2, 0) is 30.5 Å². The molecule has 0 aromatic carbocycles. The number of allylic oxidation sites excluding steroid dienone is 1. The molecular weight excluding hydrogens is 581 g/mol. The molecule has 0 aliphatic carbocycles. The molecule has 0 radical (unpaired) electrons. The molecule has 1 aromatic rings. The largest absolute Gasteiger partial charge is 0.456 e. The Bertz CT molecular complexity index is 1090. The molecule has 1 fully saturated rings. The van der Waals surface area contributed by atoms with Crippen molar-refractivity contribution >= 4 is 62.8 Å². The van der Waals surface area contributed by atoms with Crippen LogP contribution >= 0.6 is 34.9 Å². The van der Waals surface area contributed by atoms with Crippen LogP contribution in [0.2, 0.25) is 0 Å². The summed E-state index contributed by atoms with van der Waals surface area (Å²) in [6.07, 6.45) is 11.2. The zero-order chi connectivity index (χ0) is 29.5. The maximum Gasteiger partial charge on any atom is 0.329 e. The molecule has 2 atom stereocenters. The van der Waals surface area contributed by atoms with Crippen LogP contribution in [-0.4, -0.2) is 75.1 Å². The van der Waals surface area contributed by atoms with Crippen LogP contribution in [0, 0.1) is 0 Å². The lowest BCUT2D eigenvalue weighted by Crippen LogP contribution is -2.43. The Morgan fingerprint density at radius 2 is 2.10 bits per heavy atom. The number of unbranched alkanes of at least 4 members (excludes halogenated alkanes) is 4. The van der Waals surface area contributed by atoms with Gasteiger partial charge in [-0.3, -0.25) is 19.4 Å².